The summed E-state index contributed by atoms with van der Waals surface area (Å²) in [6.07, 6.45) is 0.809. The first kappa shape index (κ1) is 13.2. The fourth-order valence-corrected chi connectivity index (χ4v) is 1.24. The fraction of sp³-hybridized carbons (Fsp3) is 0.727. The van der Waals surface area contributed by atoms with Gasteiger partial charge < -0.3 is 0 Å². The van der Waals surface area contributed by atoms with E-state index in [1.807, 2.05) is 41.5 Å². The van der Waals surface area contributed by atoms with E-state index in [9.17, 15) is 4.79 Å². The Balaban J connectivity index is 5.48. The Morgan fingerprint density at radius 3 is 1.57 bits per heavy atom. The van der Waals surface area contributed by atoms with E-state index in [0.29, 0.717) is 11.3 Å². The number of nitrogens with one attached hydrogen (secondary N) is 1. The van der Waals surface area contributed by atoms with E-state index in [2.05, 4.69) is 5.48 Å². The molecule has 3 nitrogen and oxygen atoms in total. The molecule has 82 valence electrons. The van der Waals surface area contributed by atoms with Gasteiger partial charge in [-0.15, -0.1) is 0 Å². The molecule has 0 saturated carbocycles. The Labute approximate surface area is 86.2 Å². The van der Waals surface area contributed by atoms with Crippen LogP contribution in [0.3, 0.4) is 0 Å². The van der Waals surface area contributed by atoms with Crippen molar-refractivity contribution >= 4 is 6.29 Å². The first-order valence-corrected chi connectivity index (χ1v) is 4.75. The van der Waals surface area contributed by atoms with Crippen LogP contribution in [-0.4, -0.2) is 11.5 Å². The number of carbonyl (C=O) groups is 1. The van der Waals surface area contributed by atoms with Crippen LogP contribution in [0.15, 0.2) is 11.3 Å². The second kappa shape index (κ2) is 4.13. The van der Waals surface area contributed by atoms with E-state index in [1.165, 1.54) is 0 Å². The number of allylic oxidation sites excluding steroid dienone is 2. The van der Waals surface area contributed by atoms with Crippen molar-refractivity contribution in [3.8, 4) is 0 Å². The molecule has 0 rings (SSSR count). The summed E-state index contributed by atoms with van der Waals surface area (Å²) in [5.74, 6) is 0. The smallest absolute Gasteiger partial charge is 0.148 e. The van der Waals surface area contributed by atoms with Gasteiger partial charge >= 0.3 is 0 Å². The molecule has 0 aromatic heterocycles. The molecule has 14 heavy (non-hydrogen) atoms. The van der Waals surface area contributed by atoms with Gasteiger partial charge in [0.1, 0.15) is 6.29 Å². The number of hydrogen-bond acceptors (Lipinski definition) is 3. The molecule has 0 amide bonds. The van der Waals surface area contributed by atoms with Gasteiger partial charge in [0.25, 0.3) is 0 Å². The Hall–Kier alpha value is -0.830. The van der Waals surface area contributed by atoms with Crippen molar-refractivity contribution in [3.05, 3.63) is 11.3 Å². The molecule has 0 unspecified atom stereocenters. The van der Waals surface area contributed by atoms with Crippen molar-refractivity contribution in [1.29, 1.82) is 0 Å². The molecular formula is C11H21NO2. The zero-order valence-corrected chi connectivity index (χ0v) is 9.93. The minimum atomic E-state index is -0.266. The SMILES string of the molecule is CC(C)(C)C(C=O)=C(NO)C(C)(C)C. The van der Waals surface area contributed by atoms with Gasteiger partial charge in [-0.25, -0.2) is 0 Å². The van der Waals surface area contributed by atoms with Crippen LogP contribution in [-0.2, 0) is 4.79 Å². The minimum absolute atomic E-state index is 0.264. The van der Waals surface area contributed by atoms with E-state index < -0.39 is 0 Å². The van der Waals surface area contributed by atoms with Crippen molar-refractivity contribution < 1.29 is 10.0 Å². The zero-order valence-electron chi connectivity index (χ0n) is 9.93. The number of hydrogen-bond donors (Lipinski definition) is 2. The summed E-state index contributed by atoms with van der Waals surface area (Å²) in [4.78, 5) is 11.0. The van der Waals surface area contributed by atoms with Gasteiger partial charge in [0, 0.05) is 16.7 Å². The molecule has 0 aromatic rings. The highest BCUT2D eigenvalue weighted by Crippen LogP contribution is 2.33. The lowest BCUT2D eigenvalue weighted by Crippen LogP contribution is -2.28. The van der Waals surface area contributed by atoms with E-state index in [0.717, 1.165) is 6.29 Å². The van der Waals surface area contributed by atoms with Gasteiger partial charge in [0.15, 0.2) is 0 Å². The summed E-state index contributed by atoms with van der Waals surface area (Å²) < 4.78 is 0. The van der Waals surface area contributed by atoms with Crippen LogP contribution in [0.5, 0.6) is 0 Å². The number of carbonyl (C=O) groups excluding carboxylic acids is 1. The highest BCUT2D eigenvalue weighted by Gasteiger charge is 2.27. The van der Waals surface area contributed by atoms with Crippen LogP contribution in [0.1, 0.15) is 41.5 Å². The minimum Gasteiger partial charge on any atom is -0.298 e. The average molecular weight is 199 g/mol. The van der Waals surface area contributed by atoms with Crippen LogP contribution in [0, 0.1) is 10.8 Å². The predicted molar refractivity (Wildman–Crippen MR) is 56.9 cm³/mol. The average Bonchev–Trinajstić information content (AvgIpc) is 1.94. The van der Waals surface area contributed by atoms with Crippen LogP contribution >= 0.6 is 0 Å². The van der Waals surface area contributed by atoms with Crippen LogP contribution in [0.2, 0.25) is 0 Å². The van der Waals surface area contributed by atoms with Gasteiger partial charge in [0.2, 0.25) is 0 Å². The summed E-state index contributed by atoms with van der Waals surface area (Å²) in [6.45, 7) is 11.7. The second-order valence-corrected chi connectivity index (χ2v) is 5.52. The molecule has 2 N–H and O–H groups in total. The normalized spacial score (nSPS) is 14.8. The number of hydroxylamine groups is 1. The fourth-order valence-electron chi connectivity index (χ4n) is 1.24. The molecule has 0 radical (unpaired) electrons. The van der Waals surface area contributed by atoms with E-state index in [1.54, 1.807) is 0 Å². The summed E-state index contributed by atoms with van der Waals surface area (Å²) in [5, 5.41) is 9.06. The van der Waals surface area contributed by atoms with Crippen molar-refractivity contribution in [2.75, 3.05) is 0 Å². The predicted octanol–water partition coefficient (Wildman–Crippen LogP) is 2.51. The summed E-state index contributed by atoms with van der Waals surface area (Å²) >= 11 is 0. The molecule has 0 aromatic carbocycles. The zero-order chi connectivity index (χ0) is 11.6. The molecule has 0 saturated heterocycles. The van der Waals surface area contributed by atoms with Gasteiger partial charge in [-0.1, -0.05) is 41.5 Å². The quantitative estimate of drug-likeness (QED) is 0.408. The number of aldehydes is 1. The van der Waals surface area contributed by atoms with Gasteiger partial charge in [0.05, 0.1) is 0 Å². The standard InChI is InChI=1S/C11H21NO2/c1-10(2,3)8(7-13)9(12-14)11(4,5)6/h7,12,14H,1-6H3. The Morgan fingerprint density at radius 1 is 1.07 bits per heavy atom. The molecule has 0 atom stereocenters. The summed E-state index contributed by atoms with van der Waals surface area (Å²) in [6, 6.07) is 0. The Morgan fingerprint density at radius 2 is 1.50 bits per heavy atom. The molecule has 0 bridgehead atoms. The summed E-state index contributed by atoms with van der Waals surface area (Å²) in [7, 11) is 0. The lowest BCUT2D eigenvalue weighted by Gasteiger charge is -2.29. The molecule has 0 aliphatic rings. The second-order valence-electron chi connectivity index (χ2n) is 5.52. The maximum atomic E-state index is 11.0. The molecule has 3 heteroatoms. The number of rotatable bonds is 2. The first-order chi connectivity index (χ1) is 6.14. The van der Waals surface area contributed by atoms with Crippen molar-refractivity contribution in [1.82, 2.24) is 5.48 Å². The van der Waals surface area contributed by atoms with Crippen molar-refractivity contribution in [2.45, 2.75) is 41.5 Å². The van der Waals surface area contributed by atoms with Crippen LogP contribution in [0.25, 0.3) is 0 Å². The maximum absolute atomic E-state index is 11.0. The molecule has 0 spiro atoms. The molecule has 0 aliphatic carbocycles. The van der Waals surface area contributed by atoms with E-state index in [4.69, 9.17) is 5.21 Å². The molecule has 0 aliphatic heterocycles. The topological polar surface area (TPSA) is 49.3 Å². The van der Waals surface area contributed by atoms with Gasteiger partial charge in [-0.05, 0) is 5.41 Å². The Kier molecular flexibility index (Phi) is 3.89. The lowest BCUT2D eigenvalue weighted by molar-refractivity contribution is -0.105. The summed E-state index contributed by atoms with van der Waals surface area (Å²) in [5.41, 5.74) is 2.81. The first-order valence-electron chi connectivity index (χ1n) is 4.75. The van der Waals surface area contributed by atoms with E-state index >= 15 is 0 Å². The lowest BCUT2D eigenvalue weighted by atomic mass is 9.79. The maximum Gasteiger partial charge on any atom is 0.148 e. The van der Waals surface area contributed by atoms with Crippen molar-refractivity contribution in [3.63, 3.8) is 0 Å². The highest BCUT2D eigenvalue weighted by atomic mass is 16.5. The Bertz CT molecular complexity index is 241. The van der Waals surface area contributed by atoms with Crippen LogP contribution < -0.4 is 5.48 Å². The third kappa shape index (κ3) is 3.14. The molecule has 0 fully saturated rings. The monoisotopic (exact) mass is 199 g/mol. The largest absolute Gasteiger partial charge is 0.298 e. The third-order valence-corrected chi connectivity index (χ3v) is 2.06. The third-order valence-electron chi connectivity index (χ3n) is 2.06. The van der Waals surface area contributed by atoms with Crippen LogP contribution in [0.4, 0.5) is 0 Å². The molecular weight excluding hydrogens is 178 g/mol. The molecule has 0 heterocycles. The van der Waals surface area contributed by atoms with Gasteiger partial charge in [-0.3, -0.25) is 15.5 Å². The van der Waals surface area contributed by atoms with Crippen molar-refractivity contribution in [2.24, 2.45) is 10.8 Å². The highest BCUT2D eigenvalue weighted by molar-refractivity contribution is 5.76. The van der Waals surface area contributed by atoms with E-state index in [-0.39, 0.29) is 10.8 Å². The van der Waals surface area contributed by atoms with Gasteiger partial charge in [-0.2, -0.15) is 0 Å².